The molecule has 0 radical (unpaired) electrons. The van der Waals surface area contributed by atoms with Crippen LogP contribution in [0.2, 0.25) is 0 Å². The third kappa shape index (κ3) is 4.75. The summed E-state index contributed by atoms with van der Waals surface area (Å²) in [4.78, 5) is 14.4. The number of benzene rings is 2. The minimum Gasteiger partial charge on any atom is -0.376 e. The largest absolute Gasteiger partial charge is 0.376 e. The van der Waals surface area contributed by atoms with Crippen molar-refractivity contribution < 1.29 is 4.79 Å². The smallest absolute Gasteiger partial charge is 0.243 e. The summed E-state index contributed by atoms with van der Waals surface area (Å²) < 4.78 is 0. The molecule has 0 saturated carbocycles. The first-order valence-electron chi connectivity index (χ1n) is 8.49. The van der Waals surface area contributed by atoms with Gasteiger partial charge in [0.2, 0.25) is 5.91 Å². The van der Waals surface area contributed by atoms with E-state index in [0.717, 1.165) is 30.0 Å². The molecule has 0 heterocycles. The van der Waals surface area contributed by atoms with Gasteiger partial charge in [-0.1, -0.05) is 17.7 Å². The van der Waals surface area contributed by atoms with E-state index < -0.39 is 0 Å². The standard InChI is InChI=1S/C20H27N3O/c1-5-23(6-2)18-11-12-19(16(4)13-18)22-20(24)14-21-17-9-7-15(3)8-10-17/h7-13,21H,5-6,14H2,1-4H3,(H,22,24). The molecular formula is C20H27N3O. The molecule has 0 aliphatic carbocycles. The van der Waals surface area contributed by atoms with Crippen molar-refractivity contribution in [3.63, 3.8) is 0 Å². The SMILES string of the molecule is CCN(CC)c1ccc(NC(=O)CNc2ccc(C)cc2)c(C)c1. The van der Waals surface area contributed by atoms with E-state index in [2.05, 4.69) is 41.5 Å². The summed E-state index contributed by atoms with van der Waals surface area (Å²) in [5.74, 6) is -0.0470. The maximum Gasteiger partial charge on any atom is 0.243 e. The fraction of sp³-hybridized carbons (Fsp3) is 0.350. The van der Waals surface area contributed by atoms with Crippen molar-refractivity contribution in [3.8, 4) is 0 Å². The van der Waals surface area contributed by atoms with Gasteiger partial charge in [0.05, 0.1) is 6.54 Å². The van der Waals surface area contributed by atoms with Gasteiger partial charge in [-0.2, -0.15) is 0 Å². The van der Waals surface area contributed by atoms with Gasteiger partial charge in [0.25, 0.3) is 0 Å². The Morgan fingerprint density at radius 1 is 1.00 bits per heavy atom. The topological polar surface area (TPSA) is 44.4 Å². The van der Waals surface area contributed by atoms with Gasteiger partial charge >= 0.3 is 0 Å². The highest BCUT2D eigenvalue weighted by atomic mass is 16.1. The van der Waals surface area contributed by atoms with Crippen LogP contribution in [0.4, 0.5) is 17.1 Å². The monoisotopic (exact) mass is 325 g/mol. The maximum atomic E-state index is 12.2. The molecular weight excluding hydrogens is 298 g/mol. The molecule has 0 aliphatic rings. The molecule has 2 aromatic carbocycles. The average molecular weight is 325 g/mol. The molecule has 24 heavy (non-hydrogen) atoms. The molecule has 4 nitrogen and oxygen atoms in total. The third-order valence-electron chi connectivity index (χ3n) is 4.12. The first-order valence-corrected chi connectivity index (χ1v) is 8.49. The van der Waals surface area contributed by atoms with Crippen molar-refractivity contribution in [2.45, 2.75) is 27.7 Å². The number of carbonyl (C=O) groups excluding carboxylic acids is 1. The lowest BCUT2D eigenvalue weighted by atomic mass is 10.1. The van der Waals surface area contributed by atoms with E-state index in [1.807, 2.05) is 44.2 Å². The maximum absolute atomic E-state index is 12.2. The zero-order valence-electron chi connectivity index (χ0n) is 15.0. The number of nitrogens with one attached hydrogen (secondary N) is 2. The summed E-state index contributed by atoms with van der Waals surface area (Å²) >= 11 is 0. The van der Waals surface area contributed by atoms with Gasteiger partial charge in [0, 0.05) is 30.2 Å². The molecule has 0 spiro atoms. The number of rotatable bonds is 7. The fourth-order valence-corrected chi connectivity index (χ4v) is 2.62. The number of amides is 1. The molecule has 2 N–H and O–H groups in total. The lowest BCUT2D eigenvalue weighted by Crippen LogP contribution is -2.23. The molecule has 4 heteroatoms. The number of hydrogen-bond donors (Lipinski definition) is 2. The highest BCUT2D eigenvalue weighted by molar-refractivity contribution is 5.94. The molecule has 2 aromatic rings. The van der Waals surface area contributed by atoms with Crippen molar-refractivity contribution in [1.82, 2.24) is 0 Å². The Balaban J connectivity index is 1.95. The van der Waals surface area contributed by atoms with Crippen molar-refractivity contribution in [2.24, 2.45) is 0 Å². The van der Waals surface area contributed by atoms with Gasteiger partial charge in [-0.15, -0.1) is 0 Å². The zero-order chi connectivity index (χ0) is 17.5. The third-order valence-corrected chi connectivity index (χ3v) is 4.12. The molecule has 2 rings (SSSR count). The van der Waals surface area contributed by atoms with Gasteiger partial charge in [-0.3, -0.25) is 4.79 Å². The number of hydrogen-bond acceptors (Lipinski definition) is 3. The van der Waals surface area contributed by atoms with Gasteiger partial charge < -0.3 is 15.5 Å². The van der Waals surface area contributed by atoms with Crippen LogP contribution in [-0.4, -0.2) is 25.5 Å². The summed E-state index contributed by atoms with van der Waals surface area (Å²) in [5, 5.41) is 6.11. The molecule has 128 valence electrons. The van der Waals surface area contributed by atoms with Crippen LogP contribution in [0.3, 0.4) is 0 Å². The number of carbonyl (C=O) groups is 1. The van der Waals surface area contributed by atoms with Crippen molar-refractivity contribution in [1.29, 1.82) is 0 Å². The molecule has 1 amide bonds. The number of aryl methyl sites for hydroxylation is 2. The van der Waals surface area contributed by atoms with E-state index >= 15 is 0 Å². The van der Waals surface area contributed by atoms with E-state index in [4.69, 9.17) is 0 Å². The molecule has 0 aliphatic heterocycles. The van der Waals surface area contributed by atoms with Crippen LogP contribution in [0.15, 0.2) is 42.5 Å². The van der Waals surface area contributed by atoms with Crippen molar-refractivity contribution >= 4 is 23.0 Å². The van der Waals surface area contributed by atoms with E-state index in [-0.39, 0.29) is 12.5 Å². The van der Waals surface area contributed by atoms with Crippen LogP contribution in [0, 0.1) is 13.8 Å². The summed E-state index contributed by atoms with van der Waals surface area (Å²) in [6, 6.07) is 14.2. The van der Waals surface area contributed by atoms with Crippen LogP contribution < -0.4 is 15.5 Å². The number of anilines is 3. The minimum atomic E-state index is -0.0470. The van der Waals surface area contributed by atoms with Crippen LogP contribution in [-0.2, 0) is 4.79 Å². The second kappa shape index (κ2) is 8.39. The van der Waals surface area contributed by atoms with E-state index in [9.17, 15) is 4.79 Å². The Labute approximate surface area is 144 Å². The fourth-order valence-electron chi connectivity index (χ4n) is 2.62. The van der Waals surface area contributed by atoms with Gasteiger partial charge in [-0.25, -0.2) is 0 Å². The minimum absolute atomic E-state index is 0.0470. The predicted molar refractivity (Wildman–Crippen MR) is 103 cm³/mol. The van der Waals surface area contributed by atoms with Gasteiger partial charge in [-0.05, 0) is 63.6 Å². The molecule has 0 bridgehead atoms. The van der Waals surface area contributed by atoms with Crippen LogP contribution in [0.25, 0.3) is 0 Å². The predicted octanol–water partition coefficient (Wildman–Crippen LogP) is 4.20. The lowest BCUT2D eigenvalue weighted by Gasteiger charge is -2.22. The quantitative estimate of drug-likeness (QED) is 0.802. The van der Waals surface area contributed by atoms with Crippen LogP contribution >= 0.6 is 0 Å². The summed E-state index contributed by atoms with van der Waals surface area (Å²) in [6.45, 7) is 10.6. The van der Waals surface area contributed by atoms with E-state index in [0.29, 0.717) is 0 Å². The Bertz CT molecular complexity index is 676. The van der Waals surface area contributed by atoms with Gasteiger partial charge in [0.15, 0.2) is 0 Å². The summed E-state index contributed by atoms with van der Waals surface area (Å²) in [7, 11) is 0. The van der Waals surface area contributed by atoms with Gasteiger partial charge in [0.1, 0.15) is 0 Å². The normalized spacial score (nSPS) is 10.3. The first kappa shape index (κ1) is 17.9. The first-order chi connectivity index (χ1) is 11.5. The molecule has 0 atom stereocenters. The highest BCUT2D eigenvalue weighted by Crippen LogP contribution is 2.22. The molecule has 0 fully saturated rings. The Hall–Kier alpha value is -2.49. The van der Waals surface area contributed by atoms with E-state index in [1.165, 1.54) is 11.3 Å². The van der Waals surface area contributed by atoms with E-state index in [1.54, 1.807) is 0 Å². The lowest BCUT2D eigenvalue weighted by molar-refractivity contribution is -0.114. The summed E-state index contributed by atoms with van der Waals surface area (Å²) in [5.41, 5.74) is 5.27. The molecule has 0 unspecified atom stereocenters. The summed E-state index contributed by atoms with van der Waals surface area (Å²) in [6.07, 6.45) is 0. The number of nitrogens with zero attached hydrogens (tertiary/aromatic N) is 1. The zero-order valence-corrected chi connectivity index (χ0v) is 15.0. The Morgan fingerprint density at radius 3 is 2.25 bits per heavy atom. The van der Waals surface area contributed by atoms with Crippen LogP contribution in [0.5, 0.6) is 0 Å². The van der Waals surface area contributed by atoms with Crippen molar-refractivity contribution in [2.75, 3.05) is 35.2 Å². The molecule has 0 aromatic heterocycles. The average Bonchev–Trinajstić information content (AvgIpc) is 2.58. The van der Waals surface area contributed by atoms with Crippen molar-refractivity contribution in [3.05, 3.63) is 53.6 Å². The molecule has 0 saturated heterocycles. The Kier molecular flexibility index (Phi) is 6.24. The van der Waals surface area contributed by atoms with Crippen LogP contribution in [0.1, 0.15) is 25.0 Å². The second-order valence-corrected chi connectivity index (χ2v) is 5.94. The Morgan fingerprint density at radius 2 is 1.67 bits per heavy atom. The highest BCUT2D eigenvalue weighted by Gasteiger charge is 2.08. The second-order valence-electron chi connectivity index (χ2n) is 5.94.